The fraction of sp³-hybridized carbons (Fsp3) is 0.0278. The molecule has 0 saturated heterocycles. The molecule has 1 amide bonds. The van der Waals surface area contributed by atoms with Crippen LogP contribution in [-0.2, 0) is 45.3 Å². The summed E-state index contributed by atoms with van der Waals surface area (Å²) in [4.78, 5) is 35.3. The molecule has 0 aliphatic carbocycles. The molecule has 0 aliphatic rings. The van der Waals surface area contributed by atoms with Crippen molar-refractivity contribution in [1.29, 1.82) is 0 Å². The van der Waals surface area contributed by atoms with Gasteiger partial charge in [0.25, 0.3) is 40.5 Å². The van der Waals surface area contributed by atoms with Crippen LogP contribution in [0.2, 0.25) is 0 Å². The lowest BCUT2D eigenvalue weighted by Gasteiger charge is -2.13. The lowest BCUT2D eigenvalue weighted by molar-refractivity contribution is -0.114. The van der Waals surface area contributed by atoms with E-state index in [0.29, 0.717) is 27.0 Å². The lowest BCUT2D eigenvalue weighted by atomic mass is 10.1. The van der Waals surface area contributed by atoms with E-state index in [2.05, 4.69) is 46.1 Å². The number of aromatic nitrogens is 3. The van der Waals surface area contributed by atoms with Gasteiger partial charge in [0.15, 0.2) is 11.4 Å². The first kappa shape index (κ1) is 49.8. The molecule has 0 atom stereocenters. The smallest absolute Gasteiger partial charge is 0.358 e. The molecule has 70 heavy (non-hydrogen) atoms. The van der Waals surface area contributed by atoms with E-state index in [0.717, 1.165) is 60.7 Å². The van der Waals surface area contributed by atoms with E-state index in [1.807, 2.05) is 0 Å². The number of fused-ring (bicyclic) bond motifs is 2. The summed E-state index contributed by atoms with van der Waals surface area (Å²) in [5.41, 5.74) is -5.78. The van der Waals surface area contributed by atoms with Gasteiger partial charge in [0.05, 0.1) is 32.1 Å². The number of nitrogens with zero attached hydrogens (tertiary/aromatic N) is 9. The van der Waals surface area contributed by atoms with E-state index >= 15 is 0 Å². The maximum atomic E-state index is 12.9. The van der Waals surface area contributed by atoms with E-state index in [-0.39, 0.29) is 22.1 Å². The number of nitrogens with one attached hydrogen (secondary N) is 1. The van der Waals surface area contributed by atoms with Crippen LogP contribution in [0, 0.1) is 0 Å². The van der Waals surface area contributed by atoms with Crippen molar-refractivity contribution in [3.8, 4) is 17.3 Å². The highest BCUT2D eigenvalue weighted by Gasteiger charge is 2.30. The number of carboxylic acid groups (broad SMARTS) is 2. The van der Waals surface area contributed by atoms with Gasteiger partial charge in [0.2, 0.25) is 22.6 Å². The summed E-state index contributed by atoms with van der Waals surface area (Å²) in [6.07, 6.45) is 0. The molecule has 0 unspecified atom stereocenters. The molecule has 2 aromatic heterocycles. The summed E-state index contributed by atoms with van der Waals surface area (Å²) < 4.78 is 141. The Morgan fingerprint density at radius 2 is 1.26 bits per heavy atom. The third-order valence-electron chi connectivity index (χ3n) is 9.17. The average molecular weight is 1060 g/mol. The molecule has 5 aromatic carbocycles. The van der Waals surface area contributed by atoms with Crippen molar-refractivity contribution in [3.05, 3.63) is 84.1 Å². The highest BCUT2D eigenvalue weighted by Crippen LogP contribution is 2.47. The van der Waals surface area contributed by atoms with Crippen molar-refractivity contribution >= 4 is 130 Å². The van der Waals surface area contributed by atoms with Crippen molar-refractivity contribution in [1.82, 2.24) is 14.8 Å². The number of aromatic hydroxyl groups is 2. The third-order valence-corrected chi connectivity index (χ3v) is 13.6. The number of rotatable bonds is 14. The molecular weight excluding hydrogens is 1040 g/mol. The quantitative estimate of drug-likeness (QED) is 0.0407. The van der Waals surface area contributed by atoms with E-state index in [9.17, 15) is 86.7 Å². The normalized spacial score (nSPS) is 12.8. The molecule has 9 N–H and O–H groups in total. The summed E-state index contributed by atoms with van der Waals surface area (Å²) in [6, 6.07) is 11.0. The standard InChI is InChI=1S/C36H24N10O19S5/c1-14(47)37-22-12-24(26(68(57,58)59)13-23(22)40-44-36-38-20-8-2-15(34(50)51)10-25(20)66-36)41-42-28-27(69(60,61)62)11-19-18(31(28)48)7-9-21(32(19)70(63,64)65)39-43-29-30(35(52)53)45-46(33(29)49)16-3-5-17(6-4-16)67(54,55)56/h2-13,48-49H,1H3,(H,37,47)(H,50,51)(H,52,53)(H,54,55,56)(H,57,58,59)(H,60,61,62)(H,63,64,65). The molecule has 7 rings (SSSR count). The van der Waals surface area contributed by atoms with Crippen LogP contribution in [0.3, 0.4) is 0 Å². The lowest BCUT2D eigenvalue weighted by Crippen LogP contribution is -2.07. The molecule has 0 bridgehead atoms. The van der Waals surface area contributed by atoms with Crippen molar-refractivity contribution in [2.45, 2.75) is 26.5 Å². The highest BCUT2D eigenvalue weighted by atomic mass is 32.2. The number of azo groups is 3. The minimum atomic E-state index is -5.64. The molecule has 0 fully saturated rings. The first-order valence-electron chi connectivity index (χ1n) is 18.3. The number of phenolic OH excluding ortho intramolecular Hbond substituents is 1. The zero-order valence-corrected chi connectivity index (χ0v) is 38.1. The number of hydrogen-bond donors (Lipinski definition) is 9. The first-order valence-corrected chi connectivity index (χ1v) is 24.8. The Balaban J connectivity index is 1.34. The van der Waals surface area contributed by atoms with Crippen LogP contribution in [0.15, 0.2) is 123 Å². The number of anilines is 1. The van der Waals surface area contributed by atoms with Gasteiger partial charge in [-0.15, -0.1) is 30.7 Å². The van der Waals surface area contributed by atoms with E-state index in [4.69, 9.17) is 0 Å². The molecule has 7 aromatic rings. The Morgan fingerprint density at radius 3 is 1.84 bits per heavy atom. The van der Waals surface area contributed by atoms with E-state index < -0.39 is 134 Å². The number of carboxylic acids is 2. The molecule has 2 heterocycles. The van der Waals surface area contributed by atoms with Gasteiger partial charge >= 0.3 is 11.9 Å². The largest absolute Gasteiger partial charge is 0.505 e. The van der Waals surface area contributed by atoms with Crippen molar-refractivity contribution in [2.75, 3.05) is 5.32 Å². The molecule has 0 saturated carbocycles. The molecule has 362 valence electrons. The number of hydrogen-bond acceptors (Lipinski definition) is 22. The van der Waals surface area contributed by atoms with Crippen LogP contribution in [-0.4, -0.2) is 105 Å². The second kappa shape index (κ2) is 18.1. The van der Waals surface area contributed by atoms with E-state index in [1.54, 1.807) is 0 Å². The van der Waals surface area contributed by atoms with Gasteiger partial charge in [-0.05, 0) is 72.8 Å². The topological polar surface area (TPSA) is 467 Å². The number of carbonyl (C=O) groups excluding carboxylic acids is 1. The Labute approximate surface area is 393 Å². The molecule has 34 heteroatoms. The number of benzene rings is 5. The molecule has 29 nitrogen and oxygen atoms in total. The van der Waals surface area contributed by atoms with Gasteiger partial charge < -0.3 is 25.7 Å². The minimum absolute atomic E-state index is 0.0641. The summed E-state index contributed by atoms with van der Waals surface area (Å²) in [5, 5.41) is 67.8. The van der Waals surface area contributed by atoms with Crippen LogP contribution >= 0.6 is 11.3 Å². The Hall–Kier alpha value is -8.09. The van der Waals surface area contributed by atoms with Gasteiger partial charge in [-0.3, -0.25) is 23.0 Å². The number of phenols is 1. The zero-order chi connectivity index (χ0) is 51.4. The fourth-order valence-electron chi connectivity index (χ4n) is 6.21. The number of amides is 1. The highest BCUT2D eigenvalue weighted by molar-refractivity contribution is 7.87. The molecular formula is C36H24N10O19S5. The third kappa shape index (κ3) is 10.2. The maximum absolute atomic E-state index is 12.9. The SMILES string of the molecule is CC(=O)Nc1cc(N=Nc2c(S(=O)(=O)O)cc3c(S(=O)(=O)O)c(N=Nc4c(C(=O)O)nn(-c5ccc(S(=O)(=O)O)cc5)c4O)ccc3c2O)c(S(=O)(=O)O)cc1N=Nc1nc2ccc(C(=O)O)cc2s1. The van der Waals surface area contributed by atoms with Gasteiger partial charge in [0.1, 0.15) is 37.4 Å². The van der Waals surface area contributed by atoms with E-state index in [1.165, 1.54) is 18.2 Å². The van der Waals surface area contributed by atoms with Gasteiger partial charge in [-0.25, -0.2) is 14.6 Å². The van der Waals surface area contributed by atoms with Crippen LogP contribution < -0.4 is 5.32 Å². The predicted octanol–water partition coefficient (Wildman–Crippen LogP) is 6.63. The summed E-state index contributed by atoms with van der Waals surface area (Å²) >= 11 is 0.875. The van der Waals surface area contributed by atoms with Gasteiger partial charge in [0, 0.05) is 17.7 Å². The average Bonchev–Trinajstić information content (AvgIpc) is 3.82. The Morgan fingerprint density at radius 1 is 0.629 bits per heavy atom. The summed E-state index contributed by atoms with van der Waals surface area (Å²) in [6.45, 7) is 1.02. The molecule has 0 aliphatic heterocycles. The van der Waals surface area contributed by atoms with Crippen molar-refractivity contribution < 1.29 is 86.7 Å². The maximum Gasteiger partial charge on any atom is 0.358 e. The van der Waals surface area contributed by atoms with Crippen molar-refractivity contribution in [3.63, 3.8) is 0 Å². The zero-order valence-electron chi connectivity index (χ0n) is 34.1. The molecule has 0 radical (unpaired) electrons. The first-order chi connectivity index (χ1) is 32.5. The summed E-state index contributed by atoms with van der Waals surface area (Å²) in [5.74, 6) is -6.25. The van der Waals surface area contributed by atoms with Gasteiger partial charge in [-0.1, -0.05) is 11.3 Å². The number of thiazole rings is 1. The minimum Gasteiger partial charge on any atom is -0.505 e. The summed E-state index contributed by atoms with van der Waals surface area (Å²) in [7, 11) is -21.3. The number of carbonyl (C=O) groups is 3. The van der Waals surface area contributed by atoms with Crippen LogP contribution in [0.4, 0.5) is 39.3 Å². The van der Waals surface area contributed by atoms with Crippen LogP contribution in [0.25, 0.3) is 26.7 Å². The van der Waals surface area contributed by atoms with Crippen molar-refractivity contribution in [2.24, 2.45) is 30.7 Å². The second-order valence-electron chi connectivity index (χ2n) is 13.8. The Bertz CT molecular complexity index is 3990. The molecule has 0 spiro atoms. The monoisotopic (exact) mass is 1060 g/mol. The van der Waals surface area contributed by atoms with Crippen LogP contribution in [0.1, 0.15) is 27.8 Å². The number of aromatic carboxylic acids is 2. The van der Waals surface area contributed by atoms with Crippen LogP contribution in [0.5, 0.6) is 11.6 Å². The van der Waals surface area contributed by atoms with Gasteiger partial charge in [-0.2, -0.15) is 43.5 Å². The second-order valence-corrected chi connectivity index (χ2v) is 20.4. The fourth-order valence-corrected chi connectivity index (χ4v) is 9.61. The Kier molecular flexibility index (Phi) is 12.9. The predicted molar refractivity (Wildman–Crippen MR) is 237 cm³/mol.